The molecule has 0 spiro atoms. The summed E-state index contributed by atoms with van der Waals surface area (Å²) in [6, 6.07) is 0.646. The number of phenols is 1. The van der Waals surface area contributed by atoms with Crippen LogP contribution in [-0.4, -0.2) is 17.3 Å². The highest BCUT2D eigenvalue weighted by molar-refractivity contribution is 5.39. The number of alkyl halides is 3. The van der Waals surface area contributed by atoms with Gasteiger partial charge in [0.1, 0.15) is 17.6 Å². The van der Waals surface area contributed by atoms with Crippen molar-refractivity contribution in [2.24, 2.45) is 5.73 Å². The van der Waals surface area contributed by atoms with Crippen LogP contribution in [0.25, 0.3) is 0 Å². The predicted octanol–water partition coefficient (Wildman–Crippen LogP) is 2.70. The standard InChI is InChI=1S/C11H13F4NO/c1-10(2,9(16)11(13,14)15)7-5-6(12)3-4-8(7)17/h3-5,9,17H,16H2,1-2H3. The van der Waals surface area contributed by atoms with Gasteiger partial charge in [0.25, 0.3) is 0 Å². The zero-order valence-electron chi connectivity index (χ0n) is 9.35. The molecule has 0 radical (unpaired) electrons. The number of halogens is 4. The Kier molecular flexibility index (Phi) is 3.38. The molecule has 0 aliphatic rings. The maximum absolute atomic E-state index is 13.0. The van der Waals surface area contributed by atoms with Crippen LogP contribution in [0.15, 0.2) is 18.2 Å². The van der Waals surface area contributed by atoms with E-state index in [0.717, 1.165) is 18.2 Å². The summed E-state index contributed by atoms with van der Waals surface area (Å²) in [5.74, 6) is -1.13. The Morgan fingerprint density at radius 2 is 1.76 bits per heavy atom. The van der Waals surface area contributed by atoms with Crippen molar-refractivity contribution >= 4 is 0 Å². The minimum atomic E-state index is -4.62. The average Bonchev–Trinajstić information content (AvgIpc) is 2.19. The molecule has 1 aromatic rings. The average molecular weight is 251 g/mol. The molecule has 0 fully saturated rings. The number of aromatic hydroxyl groups is 1. The van der Waals surface area contributed by atoms with E-state index in [1.54, 1.807) is 0 Å². The number of benzene rings is 1. The van der Waals surface area contributed by atoms with E-state index >= 15 is 0 Å². The number of nitrogens with two attached hydrogens (primary N) is 1. The fraction of sp³-hybridized carbons (Fsp3) is 0.455. The summed E-state index contributed by atoms with van der Waals surface area (Å²) in [6.07, 6.45) is -4.62. The van der Waals surface area contributed by atoms with E-state index < -0.39 is 29.2 Å². The maximum Gasteiger partial charge on any atom is 0.404 e. The van der Waals surface area contributed by atoms with Crippen molar-refractivity contribution in [3.05, 3.63) is 29.6 Å². The first-order valence-electron chi connectivity index (χ1n) is 4.88. The first kappa shape index (κ1) is 13.8. The van der Waals surface area contributed by atoms with Crippen LogP contribution >= 0.6 is 0 Å². The summed E-state index contributed by atoms with van der Waals surface area (Å²) < 4.78 is 50.7. The molecule has 0 saturated carbocycles. The quantitative estimate of drug-likeness (QED) is 0.794. The van der Waals surface area contributed by atoms with Gasteiger partial charge in [-0.05, 0) is 18.2 Å². The van der Waals surface area contributed by atoms with Crippen molar-refractivity contribution in [1.29, 1.82) is 0 Å². The summed E-state index contributed by atoms with van der Waals surface area (Å²) in [4.78, 5) is 0. The Morgan fingerprint density at radius 1 is 1.24 bits per heavy atom. The lowest BCUT2D eigenvalue weighted by molar-refractivity contribution is -0.160. The molecule has 96 valence electrons. The highest BCUT2D eigenvalue weighted by atomic mass is 19.4. The summed E-state index contributed by atoms with van der Waals surface area (Å²) in [6.45, 7) is 2.42. The molecule has 0 bridgehead atoms. The number of phenolic OH excluding ortho intramolecular Hbond substituents is 1. The Morgan fingerprint density at radius 3 is 2.24 bits per heavy atom. The largest absolute Gasteiger partial charge is 0.508 e. The second kappa shape index (κ2) is 4.18. The molecule has 6 heteroatoms. The van der Waals surface area contributed by atoms with Gasteiger partial charge in [0.05, 0.1) is 0 Å². The number of rotatable bonds is 2. The molecule has 1 aromatic carbocycles. The molecular formula is C11H13F4NO. The van der Waals surface area contributed by atoms with Gasteiger partial charge in [-0.25, -0.2) is 4.39 Å². The lowest BCUT2D eigenvalue weighted by Gasteiger charge is -2.33. The van der Waals surface area contributed by atoms with Crippen LogP contribution in [0.4, 0.5) is 17.6 Å². The lowest BCUT2D eigenvalue weighted by Crippen LogP contribution is -2.51. The zero-order valence-corrected chi connectivity index (χ0v) is 9.35. The van der Waals surface area contributed by atoms with Gasteiger partial charge in [0, 0.05) is 11.0 Å². The first-order valence-corrected chi connectivity index (χ1v) is 4.88. The van der Waals surface area contributed by atoms with Gasteiger partial charge in [0.15, 0.2) is 0 Å². The molecule has 2 nitrogen and oxygen atoms in total. The van der Waals surface area contributed by atoms with Gasteiger partial charge < -0.3 is 10.8 Å². The minimum absolute atomic E-state index is 0.165. The Labute approximate surface area is 96.1 Å². The van der Waals surface area contributed by atoms with Gasteiger partial charge in [-0.15, -0.1) is 0 Å². The van der Waals surface area contributed by atoms with Crippen LogP contribution in [0.1, 0.15) is 19.4 Å². The van der Waals surface area contributed by atoms with Crippen LogP contribution in [-0.2, 0) is 5.41 Å². The van der Waals surface area contributed by atoms with Crippen LogP contribution < -0.4 is 5.73 Å². The van der Waals surface area contributed by atoms with Crippen LogP contribution in [0.5, 0.6) is 5.75 Å². The van der Waals surface area contributed by atoms with Crippen molar-refractivity contribution in [3.63, 3.8) is 0 Å². The normalized spacial score (nSPS) is 14.8. The third-order valence-corrected chi connectivity index (χ3v) is 2.78. The molecule has 3 N–H and O–H groups in total. The van der Waals surface area contributed by atoms with E-state index in [0.29, 0.717) is 0 Å². The fourth-order valence-corrected chi connectivity index (χ4v) is 1.60. The van der Waals surface area contributed by atoms with Gasteiger partial charge in [-0.3, -0.25) is 0 Å². The zero-order chi connectivity index (χ0) is 13.4. The first-order chi connectivity index (χ1) is 7.56. The molecule has 0 aliphatic heterocycles. The van der Waals surface area contributed by atoms with Crippen molar-refractivity contribution in [2.45, 2.75) is 31.5 Å². The second-order valence-electron chi connectivity index (χ2n) is 4.40. The molecule has 0 saturated heterocycles. The summed E-state index contributed by atoms with van der Waals surface area (Å²) >= 11 is 0. The Hall–Kier alpha value is -1.30. The van der Waals surface area contributed by atoms with Crippen LogP contribution in [0.2, 0.25) is 0 Å². The fourth-order valence-electron chi connectivity index (χ4n) is 1.60. The van der Waals surface area contributed by atoms with E-state index in [1.807, 2.05) is 0 Å². The molecule has 0 aliphatic carbocycles. The van der Waals surface area contributed by atoms with Gasteiger partial charge in [0.2, 0.25) is 0 Å². The van der Waals surface area contributed by atoms with Crippen molar-refractivity contribution < 1.29 is 22.7 Å². The van der Waals surface area contributed by atoms with E-state index in [1.165, 1.54) is 13.8 Å². The molecule has 17 heavy (non-hydrogen) atoms. The van der Waals surface area contributed by atoms with Crippen LogP contribution in [0, 0.1) is 5.82 Å². The third kappa shape index (κ3) is 2.69. The maximum atomic E-state index is 13.0. The summed E-state index contributed by atoms with van der Waals surface area (Å²) in [5, 5.41) is 9.50. The second-order valence-corrected chi connectivity index (χ2v) is 4.40. The van der Waals surface area contributed by atoms with Gasteiger partial charge in [-0.1, -0.05) is 13.8 Å². The topological polar surface area (TPSA) is 46.2 Å². The van der Waals surface area contributed by atoms with Crippen molar-refractivity contribution in [2.75, 3.05) is 0 Å². The Bertz CT molecular complexity index is 414. The lowest BCUT2D eigenvalue weighted by atomic mass is 9.77. The van der Waals surface area contributed by atoms with Gasteiger partial charge in [-0.2, -0.15) is 13.2 Å². The van der Waals surface area contributed by atoms with E-state index in [-0.39, 0.29) is 5.56 Å². The van der Waals surface area contributed by atoms with Crippen molar-refractivity contribution in [1.82, 2.24) is 0 Å². The molecule has 1 atom stereocenters. The van der Waals surface area contributed by atoms with E-state index in [4.69, 9.17) is 5.73 Å². The van der Waals surface area contributed by atoms with E-state index in [2.05, 4.69) is 0 Å². The van der Waals surface area contributed by atoms with Gasteiger partial charge >= 0.3 is 6.18 Å². The van der Waals surface area contributed by atoms with Crippen molar-refractivity contribution in [3.8, 4) is 5.75 Å². The highest BCUT2D eigenvalue weighted by Crippen LogP contribution is 2.39. The summed E-state index contributed by atoms with van der Waals surface area (Å²) in [5.41, 5.74) is 3.34. The predicted molar refractivity (Wildman–Crippen MR) is 55.1 cm³/mol. The SMILES string of the molecule is CC(C)(c1cc(F)ccc1O)C(N)C(F)(F)F. The highest BCUT2D eigenvalue weighted by Gasteiger charge is 2.48. The third-order valence-electron chi connectivity index (χ3n) is 2.78. The number of hydrogen-bond donors (Lipinski definition) is 2. The molecule has 0 aromatic heterocycles. The molecule has 0 heterocycles. The number of hydrogen-bond acceptors (Lipinski definition) is 2. The minimum Gasteiger partial charge on any atom is -0.508 e. The van der Waals surface area contributed by atoms with Crippen LogP contribution in [0.3, 0.4) is 0 Å². The van der Waals surface area contributed by atoms with E-state index in [9.17, 15) is 22.7 Å². The summed E-state index contributed by atoms with van der Waals surface area (Å²) in [7, 11) is 0. The molecular weight excluding hydrogens is 238 g/mol. The smallest absolute Gasteiger partial charge is 0.404 e. The molecule has 1 rings (SSSR count). The Balaban J connectivity index is 3.25. The molecule has 0 amide bonds. The monoisotopic (exact) mass is 251 g/mol. The molecule has 1 unspecified atom stereocenters.